The van der Waals surface area contributed by atoms with Crippen molar-refractivity contribution in [3.05, 3.63) is 48.0 Å². The highest BCUT2D eigenvalue weighted by molar-refractivity contribution is 5.33. The van der Waals surface area contributed by atoms with E-state index < -0.39 is 0 Å². The monoisotopic (exact) mass is 337 g/mol. The molecule has 1 nitrogen and oxygen atoms in total. The zero-order chi connectivity index (χ0) is 17.9. The second kappa shape index (κ2) is 11.1. The molecule has 1 fully saturated rings. The third-order valence-electron chi connectivity index (χ3n) is 6.06. The van der Waals surface area contributed by atoms with E-state index in [-0.39, 0.29) is 0 Å². The second-order valence-corrected chi connectivity index (χ2v) is 7.85. The van der Waals surface area contributed by atoms with E-state index in [1.807, 2.05) is 12.1 Å². The number of nitrogens with zero attached hydrogens (tertiary/aromatic N) is 1. The van der Waals surface area contributed by atoms with Gasteiger partial charge in [-0.05, 0) is 54.7 Å². The first-order chi connectivity index (χ1) is 12.3. The van der Waals surface area contributed by atoms with Crippen molar-refractivity contribution in [1.29, 1.82) is 5.26 Å². The van der Waals surface area contributed by atoms with Crippen molar-refractivity contribution in [3.63, 3.8) is 0 Å². The largest absolute Gasteiger partial charge is 0.192 e. The molecule has 0 radical (unpaired) electrons. The summed E-state index contributed by atoms with van der Waals surface area (Å²) in [6.45, 7) is 6.27. The highest BCUT2D eigenvalue weighted by Gasteiger charge is 2.27. The van der Waals surface area contributed by atoms with Crippen LogP contribution in [0.4, 0.5) is 0 Å². The van der Waals surface area contributed by atoms with Gasteiger partial charge in [-0.1, -0.05) is 76.5 Å². The quantitative estimate of drug-likeness (QED) is 0.322. The molecule has 1 aliphatic carbocycles. The Morgan fingerprint density at radius 2 is 1.76 bits per heavy atom. The van der Waals surface area contributed by atoms with Gasteiger partial charge in [-0.15, -0.1) is 6.58 Å². The van der Waals surface area contributed by atoms with Gasteiger partial charge in [0.15, 0.2) is 0 Å². The van der Waals surface area contributed by atoms with E-state index in [0.29, 0.717) is 5.92 Å². The highest BCUT2D eigenvalue weighted by atomic mass is 14.3. The molecule has 0 heterocycles. The zero-order valence-electron chi connectivity index (χ0n) is 16.1. The Kier molecular flexibility index (Phi) is 8.81. The van der Waals surface area contributed by atoms with Crippen LogP contribution < -0.4 is 0 Å². The third-order valence-corrected chi connectivity index (χ3v) is 6.06. The lowest BCUT2D eigenvalue weighted by molar-refractivity contribution is 0.230. The Bertz CT molecular complexity index is 528. The fourth-order valence-corrected chi connectivity index (χ4v) is 4.50. The minimum absolute atomic E-state index is 0.579. The van der Waals surface area contributed by atoms with E-state index in [1.54, 1.807) is 0 Å². The van der Waals surface area contributed by atoms with Gasteiger partial charge < -0.3 is 0 Å². The molecule has 136 valence electrons. The van der Waals surface area contributed by atoms with Gasteiger partial charge in [-0.2, -0.15) is 5.26 Å². The number of allylic oxidation sites excluding steroid dienone is 1. The van der Waals surface area contributed by atoms with Crippen LogP contribution >= 0.6 is 0 Å². The average Bonchev–Trinajstić information content (AvgIpc) is 2.67. The molecule has 0 aromatic heterocycles. The van der Waals surface area contributed by atoms with E-state index in [1.165, 1.54) is 69.8 Å². The number of benzene rings is 1. The van der Waals surface area contributed by atoms with Crippen molar-refractivity contribution in [3.8, 4) is 6.07 Å². The average molecular weight is 338 g/mol. The number of hydrogen-bond acceptors (Lipinski definition) is 1. The fourth-order valence-electron chi connectivity index (χ4n) is 4.50. The summed E-state index contributed by atoms with van der Waals surface area (Å²) in [6, 6.07) is 10.5. The summed E-state index contributed by atoms with van der Waals surface area (Å²) >= 11 is 0. The number of hydrogen-bond donors (Lipinski definition) is 0. The summed E-state index contributed by atoms with van der Waals surface area (Å²) in [5.41, 5.74) is 2.15. The smallest absolute Gasteiger partial charge is 0.0991 e. The van der Waals surface area contributed by atoms with Crippen LogP contribution in [0.25, 0.3) is 0 Å². The lowest BCUT2D eigenvalue weighted by Gasteiger charge is -2.34. The molecule has 1 aliphatic rings. The third kappa shape index (κ3) is 6.35. The first-order valence-corrected chi connectivity index (χ1v) is 10.4. The molecule has 0 spiro atoms. The molecule has 1 aromatic rings. The standard InChI is InChI=1S/C24H35N/c1-3-5-6-7-8-10-20-11-15-22(16-12-20)24(9-4-2)23-17-13-21(19-25)14-18-23/h4,13-14,17-18,20,22,24H,2-3,5-12,15-16H2,1H3. The summed E-state index contributed by atoms with van der Waals surface area (Å²) in [7, 11) is 0. The molecule has 1 unspecified atom stereocenters. The lowest BCUT2D eigenvalue weighted by atomic mass is 9.71. The van der Waals surface area contributed by atoms with Crippen molar-refractivity contribution in [1.82, 2.24) is 0 Å². The van der Waals surface area contributed by atoms with Crippen LogP contribution in [-0.2, 0) is 0 Å². The van der Waals surface area contributed by atoms with Gasteiger partial charge in [0.05, 0.1) is 11.6 Å². The topological polar surface area (TPSA) is 23.8 Å². The van der Waals surface area contributed by atoms with Gasteiger partial charge in [0.25, 0.3) is 0 Å². The van der Waals surface area contributed by atoms with Crippen LogP contribution in [-0.4, -0.2) is 0 Å². The molecule has 2 rings (SSSR count). The molecule has 1 aromatic carbocycles. The molecule has 1 atom stereocenters. The molecular formula is C24H35N. The summed E-state index contributed by atoms with van der Waals surface area (Å²) in [6.07, 6.45) is 17.1. The maximum atomic E-state index is 9.00. The van der Waals surface area contributed by atoms with Gasteiger partial charge in [0, 0.05) is 0 Å². The normalized spacial score (nSPS) is 21.4. The van der Waals surface area contributed by atoms with Crippen molar-refractivity contribution >= 4 is 0 Å². The van der Waals surface area contributed by atoms with E-state index >= 15 is 0 Å². The predicted octanol–water partition coefficient (Wildman–Crippen LogP) is 7.38. The summed E-state index contributed by atoms with van der Waals surface area (Å²) < 4.78 is 0. The van der Waals surface area contributed by atoms with E-state index in [9.17, 15) is 0 Å². The summed E-state index contributed by atoms with van der Waals surface area (Å²) in [4.78, 5) is 0. The zero-order valence-corrected chi connectivity index (χ0v) is 16.1. The number of rotatable bonds is 10. The van der Waals surface area contributed by atoms with Gasteiger partial charge in [-0.3, -0.25) is 0 Å². The van der Waals surface area contributed by atoms with E-state index in [2.05, 4.69) is 37.8 Å². The molecule has 1 heteroatoms. The van der Waals surface area contributed by atoms with Gasteiger partial charge in [0.2, 0.25) is 0 Å². The predicted molar refractivity (Wildman–Crippen MR) is 108 cm³/mol. The number of unbranched alkanes of at least 4 members (excludes halogenated alkanes) is 4. The van der Waals surface area contributed by atoms with Crippen molar-refractivity contribution in [2.75, 3.05) is 0 Å². The maximum Gasteiger partial charge on any atom is 0.0991 e. The van der Waals surface area contributed by atoms with Gasteiger partial charge in [0.1, 0.15) is 0 Å². The molecule has 0 saturated heterocycles. The first-order valence-electron chi connectivity index (χ1n) is 10.4. The molecule has 0 bridgehead atoms. The SMILES string of the molecule is C=CCC(c1ccc(C#N)cc1)C1CCC(CCCCCCC)CC1. The number of nitriles is 1. The second-order valence-electron chi connectivity index (χ2n) is 7.85. The van der Waals surface area contributed by atoms with Gasteiger partial charge in [-0.25, -0.2) is 0 Å². The first kappa shape index (κ1) is 19.8. The Hall–Kier alpha value is -1.55. The Morgan fingerprint density at radius 1 is 1.08 bits per heavy atom. The van der Waals surface area contributed by atoms with Gasteiger partial charge >= 0.3 is 0 Å². The van der Waals surface area contributed by atoms with Crippen LogP contribution in [0, 0.1) is 23.2 Å². The van der Waals surface area contributed by atoms with Crippen molar-refractivity contribution < 1.29 is 0 Å². The Morgan fingerprint density at radius 3 is 2.36 bits per heavy atom. The summed E-state index contributed by atoms with van der Waals surface area (Å²) in [5.74, 6) is 2.32. The molecule has 0 aliphatic heterocycles. The minimum atomic E-state index is 0.579. The lowest BCUT2D eigenvalue weighted by Crippen LogP contribution is -2.20. The molecule has 0 N–H and O–H groups in total. The van der Waals surface area contributed by atoms with Crippen LogP contribution in [0.15, 0.2) is 36.9 Å². The van der Waals surface area contributed by atoms with Crippen molar-refractivity contribution in [2.24, 2.45) is 11.8 Å². The highest BCUT2D eigenvalue weighted by Crippen LogP contribution is 2.41. The fraction of sp³-hybridized carbons (Fsp3) is 0.625. The summed E-state index contributed by atoms with van der Waals surface area (Å²) in [5, 5.41) is 9.00. The van der Waals surface area contributed by atoms with Crippen LogP contribution in [0.1, 0.15) is 94.6 Å². The molecular weight excluding hydrogens is 302 g/mol. The van der Waals surface area contributed by atoms with Crippen LogP contribution in [0.5, 0.6) is 0 Å². The maximum absolute atomic E-state index is 9.00. The van der Waals surface area contributed by atoms with E-state index in [4.69, 9.17) is 5.26 Å². The molecule has 0 amide bonds. The van der Waals surface area contributed by atoms with E-state index in [0.717, 1.165) is 23.8 Å². The molecule has 25 heavy (non-hydrogen) atoms. The van der Waals surface area contributed by atoms with Crippen LogP contribution in [0.3, 0.4) is 0 Å². The van der Waals surface area contributed by atoms with Crippen molar-refractivity contribution in [2.45, 2.75) is 83.5 Å². The Labute approximate surface area is 155 Å². The van der Waals surface area contributed by atoms with Crippen LogP contribution in [0.2, 0.25) is 0 Å². The Balaban J connectivity index is 1.83. The minimum Gasteiger partial charge on any atom is -0.192 e. The molecule has 1 saturated carbocycles.